The lowest BCUT2D eigenvalue weighted by Crippen LogP contribution is -2.22. The van der Waals surface area contributed by atoms with Crippen LogP contribution in [0, 0.1) is 3.57 Å². The zero-order valence-electron chi connectivity index (χ0n) is 12.0. The zero-order chi connectivity index (χ0) is 15.7. The molecule has 3 rings (SSSR count). The van der Waals surface area contributed by atoms with Gasteiger partial charge in [-0.05, 0) is 59.3 Å². The zero-order valence-corrected chi connectivity index (χ0v) is 14.1. The maximum Gasteiger partial charge on any atom is 0.270 e. The molecule has 1 aromatic carbocycles. The third-order valence-electron chi connectivity index (χ3n) is 3.44. The van der Waals surface area contributed by atoms with E-state index < -0.39 is 0 Å². The van der Waals surface area contributed by atoms with Crippen LogP contribution in [-0.4, -0.2) is 15.6 Å². The minimum atomic E-state index is -0.185. The molecule has 1 unspecified atom stereocenters. The number of fused-ring (bicyclic) bond motifs is 1. The van der Waals surface area contributed by atoms with E-state index in [9.17, 15) is 4.79 Å². The summed E-state index contributed by atoms with van der Waals surface area (Å²) in [7, 11) is 0. The van der Waals surface area contributed by atoms with Gasteiger partial charge >= 0.3 is 0 Å². The van der Waals surface area contributed by atoms with Gasteiger partial charge in [-0.15, -0.1) is 0 Å². The number of benzene rings is 1. The van der Waals surface area contributed by atoms with Gasteiger partial charge in [0.25, 0.3) is 5.91 Å². The Kier molecular flexibility index (Phi) is 4.12. The van der Waals surface area contributed by atoms with Crippen molar-refractivity contribution in [1.29, 1.82) is 0 Å². The van der Waals surface area contributed by atoms with Crippen LogP contribution in [0.2, 0.25) is 0 Å². The number of hydrogen-bond donors (Lipinski definition) is 2. The molecule has 0 aliphatic carbocycles. The molecule has 3 aromatic rings. The Hall–Kier alpha value is -1.93. The highest BCUT2D eigenvalue weighted by atomic mass is 127. The molecule has 0 aliphatic heterocycles. The molecule has 0 spiro atoms. The molecule has 1 amide bonds. The lowest BCUT2D eigenvalue weighted by molar-refractivity contribution is 0.101. The maximum atomic E-state index is 12.4. The average molecular weight is 406 g/mol. The smallest absolute Gasteiger partial charge is 0.270 e. The van der Waals surface area contributed by atoms with Gasteiger partial charge in [0.15, 0.2) is 5.65 Å². The minimum absolute atomic E-state index is 0.0451. The number of hydrogen-bond acceptors (Lipinski definition) is 3. The van der Waals surface area contributed by atoms with E-state index in [-0.39, 0.29) is 11.9 Å². The summed E-state index contributed by atoms with van der Waals surface area (Å²) in [5.74, 6) is -0.185. The molecule has 1 atom stereocenters. The summed E-state index contributed by atoms with van der Waals surface area (Å²) in [5.41, 5.74) is 11.0. The third kappa shape index (κ3) is 2.84. The van der Waals surface area contributed by atoms with E-state index in [1.54, 1.807) is 23.0 Å². The largest absolute Gasteiger partial charge is 0.324 e. The Morgan fingerprint density at radius 2 is 2.05 bits per heavy atom. The van der Waals surface area contributed by atoms with Crippen molar-refractivity contribution in [2.24, 2.45) is 5.73 Å². The summed E-state index contributed by atoms with van der Waals surface area (Å²) in [4.78, 5) is 16.7. The minimum Gasteiger partial charge on any atom is -0.324 e. The molecular weight excluding hydrogens is 391 g/mol. The van der Waals surface area contributed by atoms with Gasteiger partial charge in [-0.1, -0.05) is 12.1 Å². The lowest BCUT2D eigenvalue weighted by atomic mass is 10.1. The highest BCUT2D eigenvalue weighted by Crippen LogP contribution is 2.20. The van der Waals surface area contributed by atoms with Crippen LogP contribution in [-0.2, 0) is 0 Å². The third-order valence-corrected chi connectivity index (χ3v) is 4.29. The number of aromatic nitrogens is 2. The van der Waals surface area contributed by atoms with Gasteiger partial charge in [-0.2, -0.15) is 0 Å². The van der Waals surface area contributed by atoms with E-state index in [2.05, 4.69) is 33.0 Å². The number of amides is 1. The van der Waals surface area contributed by atoms with E-state index >= 15 is 0 Å². The number of carbonyl (C=O) groups excluding carboxylic acids is 1. The van der Waals surface area contributed by atoms with E-state index in [4.69, 9.17) is 5.73 Å². The number of rotatable bonds is 3. The van der Waals surface area contributed by atoms with E-state index in [0.29, 0.717) is 5.56 Å². The van der Waals surface area contributed by atoms with E-state index in [1.165, 1.54) is 0 Å². The molecule has 22 heavy (non-hydrogen) atoms. The molecule has 0 saturated heterocycles. The molecule has 2 heterocycles. The first kappa shape index (κ1) is 15.0. The molecule has 0 saturated carbocycles. The second kappa shape index (κ2) is 6.05. The first-order valence-electron chi connectivity index (χ1n) is 6.85. The Labute approximate surface area is 141 Å². The van der Waals surface area contributed by atoms with Gasteiger partial charge in [0.05, 0.1) is 0 Å². The van der Waals surface area contributed by atoms with Gasteiger partial charge < -0.3 is 5.73 Å². The Bertz CT molecular complexity index is 824. The van der Waals surface area contributed by atoms with Crippen LogP contribution in [0.1, 0.15) is 28.9 Å². The van der Waals surface area contributed by atoms with Crippen molar-refractivity contribution in [3.63, 3.8) is 0 Å². The molecule has 0 bridgehead atoms. The second-order valence-corrected chi connectivity index (χ2v) is 6.24. The SMILES string of the molecule is CC(N)c1ccc(C(=O)Nn2cc(I)c3cccnc32)cc1. The summed E-state index contributed by atoms with van der Waals surface area (Å²) in [6.07, 6.45) is 3.56. The first-order valence-corrected chi connectivity index (χ1v) is 7.92. The highest BCUT2D eigenvalue weighted by molar-refractivity contribution is 14.1. The summed E-state index contributed by atoms with van der Waals surface area (Å²) in [5, 5.41) is 1.01. The molecule has 2 aromatic heterocycles. The number of nitrogens with two attached hydrogens (primary N) is 1. The van der Waals surface area contributed by atoms with Crippen LogP contribution in [0.15, 0.2) is 48.8 Å². The first-order chi connectivity index (χ1) is 10.6. The molecule has 112 valence electrons. The van der Waals surface area contributed by atoms with Crippen molar-refractivity contribution in [3.8, 4) is 0 Å². The predicted octanol–water partition coefficient (Wildman–Crippen LogP) is 3.04. The molecule has 3 N–H and O–H groups in total. The quantitative estimate of drug-likeness (QED) is 0.657. The molecule has 0 fully saturated rings. The van der Waals surface area contributed by atoms with Gasteiger partial charge in [0, 0.05) is 33.0 Å². The van der Waals surface area contributed by atoms with Crippen LogP contribution in [0.5, 0.6) is 0 Å². The maximum absolute atomic E-state index is 12.4. The molecule has 5 nitrogen and oxygen atoms in total. The fourth-order valence-electron chi connectivity index (χ4n) is 2.22. The van der Waals surface area contributed by atoms with Gasteiger partial charge in [-0.25, -0.2) is 9.66 Å². The normalized spacial score (nSPS) is 12.3. The second-order valence-electron chi connectivity index (χ2n) is 5.07. The van der Waals surface area contributed by atoms with Crippen molar-refractivity contribution in [2.45, 2.75) is 13.0 Å². The van der Waals surface area contributed by atoms with Crippen LogP contribution in [0.4, 0.5) is 0 Å². The summed E-state index contributed by atoms with van der Waals surface area (Å²) in [6.45, 7) is 1.91. The van der Waals surface area contributed by atoms with E-state index in [0.717, 1.165) is 20.2 Å². The summed E-state index contributed by atoms with van der Waals surface area (Å²) < 4.78 is 2.69. The van der Waals surface area contributed by atoms with Crippen molar-refractivity contribution in [2.75, 3.05) is 5.43 Å². The number of nitrogens with one attached hydrogen (secondary N) is 1. The monoisotopic (exact) mass is 406 g/mol. The Morgan fingerprint density at radius 1 is 1.32 bits per heavy atom. The highest BCUT2D eigenvalue weighted by Gasteiger charge is 2.11. The standard InChI is InChI=1S/C16H15IN4O/c1-10(18)11-4-6-12(7-5-11)16(22)20-21-9-14(17)13-3-2-8-19-15(13)21/h2-10H,18H2,1H3,(H,20,22). The fourth-order valence-corrected chi connectivity index (χ4v) is 2.92. The predicted molar refractivity (Wildman–Crippen MR) is 95.2 cm³/mol. The van der Waals surface area contributed by atoms with Crippen LogP contribution in [0.3, 0.4) is 0 Å². The number of carbonyl (C=O) groups is 1. The molecule has 6 heteroatoms. The van der Waals surface area contributed by atoms with Crippen LogP contribution in [0.25, 0.3) is 11.0 Å². The number of pyridine rings is 1. The Balaban J connectivity index is 1.87. The molecular formula is C16H15IN4O. The van der Waals surface area contributed by atoms with Gasteiger partial charge in [0.2, 0.25) is 0 Å². The van der Waals surface area contributed by atoms with Crippen molar-refractivity contribution < 1.29 is 4.79 Å². The van der Waals surface area contributed by atoms with Crippen molar-refractivity contribution >= 4 is 39.5 Å². The lowest BCUT2D eigenvalue weighted by Gasteiger charge is -2.09. The van der Waals surface area contributed by atoms with E-state index in [1.807, 2.05) is 37.4 Å². The van der Waals surface area contributed by atoms with Crippen LogP contribution < -0.4 is 11.2 Å². The van der Waals surface area contributed by atoms with Gasteiger partial charge in [-0.3, -0.25) is 10.2 Å². The fraction of sp³-hybridized carbons (Fsp3) is 0.125. The Morgan fingerprint density at radius 3 is 2.73 bits per heavy atom. The van der Waals surface area contributed by atoms with Crippen LogP contribution >= 0.6 is 22.6 Å². The number of halogens is 1. The molecule has 0 aliphatic rings. The summed E-state index contributed by atoms with van der Waals surface area (Å²) in [6, 6.07) is 11.1. The topological polar surface area (TPSA) is 72.9 Å². The van der Waals surface area contributed by atoms with Gasteiger partial charge in [0.1, 0.15) is 0 Å². The average Bonchev–Trinajstić information content (AvgIpc) is 2.84. The molecule has 0 radical (unpaired) electrons. The van der Waals surface area contributed by atoms with Crippen molar-refractivity contribution in [3.05, 3.63) is 63.5 Å². The van der Waals surface area contributed by atoms with Crippen molar-refractivity contribution in [1.82, 2.24) is 9.66 Å². The summed E-state index contributed by atoms with van der Waals surface area (Å²) >= 11 is 2.23. The number of nitrogens with zero attached hydrogens (tertiary/aromatic N) is 2.